The molecule has 1 amide bonds. The third kappa shape index (κ3) is 2.59. The van der Waals surface area contributed by atoms with Gasteiger partial charge in [0.15, 0.2) is 0 Å². The molecule has 0 saturated carbocycles. The molecule has 1 aliphatic heterocycles. The maximum atomic E-state index is 11.4. The van der Waals surface area contributed by atoms with E-state index in [1.807, 2.05) is 13.0 Å². The molecule has 1 aliphatic rings. The van der Waals surface area contributed by atoms with E-state index in [0.717, 1.165) is 31.5 Å². The number of carbonyl (C=O) groups is 1. The molecular formula is C11H16N2O. The smallest absolute Gasteiger partial charge is 0.236 e. The maximum Gasteiger partial charge on any atom is 0.236 e. The molecule has 3 heteroatoms. The van der Waals surface area contributed by atoms with Crippen LogP contribution in [0.25, 0.3) is 0 Å². The summed E-state index contributed by atoms with van der Waals surface area (Å²) < 4.78 is 0. The lowest BCUT2D eigenvalue weighted by Gasteiger charge is -2.32. The van der Waals surface area contributed by atoms with Crippen LogP contribution in [0.3, 0.4) is 0 Å². The second kappa shape index (κ2) is 4.80. The summed E-state index contributed by atoms with van der Waals surface area (Å²) in [4.78, 5) is 13.2. The number of amides is 1. The minimum absolute atomic E-state index is 0.00289. The molecule has 1 rings (SSSR count). The Labute approximate surface area is 85.0 Å². The lowest BCUT2D eigenvalue weighted by Crippen LogP contribution is -2.39. The van der Waals surface area contributed by atoms with Gasteiger partial charge in [-0.1, -0.05) is 12.2 Å². The van der Waals surface area contributed by atoms with Crippen LogP contribution in [0.4, 0.5) is 0 Å². The molecule has 0 aromatic carbocycles. The van der Waals surface area contributed by atoms with Gasteiger partial charge in [0.2, 0.25) is 5.91 Å². The summed E-state index contributed by atoms with van der Waals surface area (Å²) in [6.07, 6.45) is 2.14. The minimum Gasteiger partial charge on any atom is -0.341 e. The van der Waals surface area contributed by atoms with Crippen LogP contribution in [0.5, 0.6) is 0 Å². The first-order valence-corrected chi connectivity index (χ1v) is 4.95. The average molecular weight is 192 g/mol. The van der Waals surface area contributed by atoms with Gasteiger partial charge < -0.3 is 4.90 Å². The van der Waals surface area contributed by atoms with Crippen molar-refractivity contribution in [3.05, 3.63) is 12.2 Å². The van der Waals surface area contributed by atoms with E-state index < -0.39 is 0 Å². The zero-order chi connectivity index (χ0) is 10.6. The van der Waals surface area contributed by atoms with Crippen LogP contribution in [-0.4, -0.2) is 23.9 Å². The third-order valence-corrected chi connectivity index (χ3v) is 2.70. The van der Waals surface area contributed by atoms with Crippen LogP contribution in [0, 0.1) is 17.2 Å². The van der Waals surface area contributed by atoms with E-state index in [1.165, 1.54) is 0 Å². The summed E-state index contributed by atoms with van der Waals surface area (Å²) in [5.74, 6) is 0.379. The van der Waals surface area contributed by atoms with E-state index in [-0.39, 0.29) is 12.3 Å². The summed E-state index contributed by atoms with van der Waals surface area (Å²) in [6.45, 7) is 7.46. The molecule has 1 heterocycles. The van der Waals surface area contributed by atoms with E-state index in [4.69, 9.17) is 5.26 Å². The molecule has 1 atom stereocenters. The molecule has 0 aliphatic carbocycles. The molecule has 0 bridgehead atoms. The van der Waals surface area contributed by atoms with Gasteiger partial charge in [-0.25, -0.2) is 0 Å². The molecule has 0 N–H and O–H groups in total. The molecule has 0 radical (unpaired) electrons. The number of carbonyl (C=O) groups excluding carboxylic acids is 1. The van der Waals surface area contributed by atoms with E-state index in [1.54, 1.807) is 4.90 Å². The number of rotatable bonds is 2. The standard InChI is InChI=1S/C11H16N2O/c1-9(2)10-4-3-7-13(8-10)11(14)5-6-12/h10H,1,3-5,7-8H2,2H3. The van der Waals surface area contributed by atoms with Crippen molar-refractivity contribution in [3.63, 3.8) is 0 Å². The van der Waals surface area contributed by atoms with Gasteiger partial charge in [0, 0.05) is 13.1 Å². The lowest BCUT2D eigenvalue weighted by molar-refractivity contribution is -0.131. The van der Waals surface area contributed by atoms with E-state index in [2.05, 4.69) is 6.58 Å². The number of hydrogen-bond donors (Lipinski definition) is 0. The Morgan fingerprint density at radius 2 is 2.43 bits per heavy atom. The SMILES string of the molecule is C=C(C)C1CCCN(C(=O)CC#N)C1. The Kier molecular flexibility index (Phi) is 3.70. The fraction of sp³-hybridized carbons (Fsp3) is 0.636. The number of nitriles is 1. The van der Waals surface area contributed by atoms with E-state index in [9.17, 15) is 4.79 Å². The predicted octanol–water partition coefficient (Wildman–Crippen LogP) is 1.71. The normalized spacial score (nSPS) is 21.4. The van der Waals surface area contributed by atoms with Crippen molar-refractivity contribution in [1.29, 1.82) is 5.26 Å². The van der Waals surface area contributed by atoms with Crippen LogP contribution in [0.15, 0.2) is 12.2 Å². The fourth-order valence-electron chi connectivity index (χ4n) is 1.79. The van der Waals surface area contributed by atoms with Gasteiger partial charge >= 0.3 is 0 Å². The Balaban J connectivity index is 2.52. The highest BCUT2D eigenvalue weighted by Crippen LogP contribution is 2.22. The van der Waals surface area contributed by atoms with Crippen molar-refractivity contribution in [2.24, 2.45) is 5.92 Å². The summed E-state index contributed by atoms with van der Waals surface area (Å²) >= 11 is 0. The molecule has 14 heavy (non-hydrogen) atoms. The van der Waals surface area contributed by atoms with Crippen LogP contribution in [0.1, 0.15) is 26.2 Å². The summed E-state index contributed by atoms with van der Waals surface area (Å²) in [6, 6.07) is 1.90. The van der Waals surface area contributed by atoms with Crippen molar-refractivity contribution in [1.82, 2.24) is 4.90 Å². The zero-order valence-corrected chi connectivity index (χ0v) is 8.62. The summed E-state index contributed by atoms with van der Waals surface area (Å²) in [5.41, 5.74) is 1.14. The largest absolute Gasteiger partial charge is 0.341 e. The fourth-order valence-corrected chi connectivity index (χ4v) is 1.79. The van der Waals surface area contributed by atoms with Gasteiger partial charge in [0.05, 0.1) is 6.07 Å². The maximum absolute atomic E-state index is 11.4. The number of hydrogen-bond acceptors (Lipinski definition) is 2. The minimum atomic E-state index is -0.0431. The monoisotopic (exact) mass is 192 g/mol. The van der Waals surface area contributed by atoms with Gasteiger partial charge in [0.25, 0.3) is 0 Å². The molecule has 0 aromatic rings. The van der Waals surface area contributed by atoms with Crippen molar-refractivity contribution < 1.29 is 4.79 Å². The predicted molar refractivity (Wildman–Crippen MR) is 54.3 cm³/mol. The van der Waals surface area contributed by atoms with Crippen molar-refractivity contribution >= 4 is 5.91 Å². The average Bonchev–Trinajstić information content (AvgIpc) is 2.18. The van der Waals surface area contributed by atoms with Gasteiger partial charge in [-0.2, -0.15) is 5.26 Å². The highest BCUT2D eigenvalue weighted by Gasteiger charge is 2.23. The van der Waals surface area contributed by atoms with Crippen LogP contribution < -0.4 is 0 Å². The lowest BCUT2D eigenvalue weighted by atomic mass is 9.92. The Hall–Kier alpha value is -1.30. The second-order valence-corrected chi connectivity index (χ2v) is 3.86. The molecule has 0 spiro atoms. The van der Waals surface area contributed by atoms with Crippen molar-refractivity contribution in [3.8, 4) is 6.07 Å². The second-order valence-electron chi connectivity index (χ2n) is 3.86. The topological polar surface area (TPSA) is 44.1 Å². The molecule has 76 valence electrons. The molecule has 0 aromatic heterocycles. The van der Waals surface area contributed by atoms with E-state index >= 15 is 0 Å². The van der Waals surface area contributed by atoms with Crippen LogP contribution in [-0.2, 0) is 4.79 Å². The van der Waals surface area contributed by atoms with Crippen molar-refractivity contribution in [2.45, 2.75) is 26.2 Å². The Bertz CT molecular complexity index is 278. The number of likely N-dealkylation sites (tertiary alicyclic amines) is 1. The molecule has 1 saturated heterocycles. The number of piperidine rings is 1. The quantitative estimate of drug-likeness (QED) is 0.625. The highest BCUT2D eigenvalue weighted by molar-refractivity contribution is 5.78. The van der Waals surface area contributed by atoms with Crippen molar-refractivity contribution in [2.75, 3.05) is 13.1 Å². The highest BCUT2D eigenvalue weighted by atomic mass is 16.2. The zero-order valence-electron chi connectivity index (χ0n) is 8.62. The number of nitrogens with zero attached hydrogens (tertiary/aromatic N) is 2. The third-order valence-electron chi connectivity index (χ3n) is 2.70. The molecular weight excluding hydrogens is 176 g/mol. The van der Waals surface area contributed by atoms with Crippen LogP contribution in [0.2, 0.25) is 0 Å². The van der Waals surface area contributed by atoms with Gasteiger partial charge in [0.1, 0.15) is 6.42 Å². The molecule has 1 fully saturated rings. The Morgan fingerprint density at radius 1 is 1.71 bits per heavy atom. The Morgan fingerprint density at radius 3 is 3.00 bits per heavy atom. The first-order chi connectivity index (χ1) is 6.65. The molecule has 1 unspecified atom stereocenters. The first-order valence-electron chi connectivity index (χ1n) is 4.95. The van der Waals surface area contributed by atoms with Gasteiger partial charge in [-0.3, -0.25) is 4.79 Å². The van der Waals surface area contributed by atoms with Gasteiger partial charge in [-0.15, -0.1) is 0 Å². The van der Waals surface area contributed by atoms with Crippen LogP contribution >= 0.6 is 0 Å². The summed E-state index contributed by atoms with van der Waals surface area (Å²) in [5, 5.41) is 8.43. The first kappa shape index (κ1) is 10.8. The molecule has 3 nitrogen and oxygen atoms in total. The van der Waals surface area contributed by atoms with Gasteiger partial charge in [-0.05, 0) is 25.7 Å². The summed E-state index contributed by atoms with van der Waals surface area (Å²) in [7, 11) is 0. The van der Waals surface area contributed by atoms with E-state index in [0.29, 0.717) is 5.92 Å².